The van der Waals surface area contributed by atoms with Crippen LogP contribution >= 0.6 is 0 Å². The van der Waals surface area contributed by atoms with Crippen LogP contribution in [0.1, 0.15) is 5.56 Å². The van der Waals surface area contributed by atoms with E-state index in [1.54, 1.807) is 6.92 Å². The third-order valence-corrected chi connectivity index (χ3v) is 4.01. The quantitative estimate of drug-likeness (QED) is 0.785. The molecule has 1 aromatic rings. The van der Waals surface area contributed by atoms with Gasteiger partial charge in [-0.1, -0.05) is 6.07 Å². The topological polar surface area (TPSA) is 123 Å². The number of nitrogens with two attached hydrogens (primary N) is 1. The maximum absolute atomic E-state index is 11.4. The molecule has 0 radical (unpaired) electrons. The van der Waals surface area contributed by atoms with Crippen molar-refractivity contribution in [2.45, 2.75) is 11.8 Å². The average molecular weight is 306 g/mol. The molecule has 0 aliphatic carbocycles. The van der Waals surface area contributed by atoms with E-state index in [9.17, 15) is 21.6 Å². The number of anilines is 1. The number of benzene rings is 1. The molecule has 0 aliphatic rings. The highest BCUT2D eigenvalue weighted by molar-refractivity contribution is 7.91. The smallest absolute Gasteiger partial charge is 0.239 e. The zero-order valence-corrected chi connectivity index (χ0v) is 12.0. The molecule has 0 saturated carbocycles. The first-order valence-corrected chi connectivity index (χ1v) is 8.71. The van der Waals surface area contributed by atoms with Crippen LogP contribution < -0.4 is 10.5 Å². The average Bonchev–Trinajstić information content (AvgIpc) is 2.16. The van der Waals surface area contributed by atoms with Crippen LogP contribution in [0.5, 0.6) is 0 Å². The standard InChI is InChI=1S/C10H14N2O5S2/c1-7-3-4-8(5-9(7)19(11,16)17)12-10(13)6-18(2,14)15/h3-5H,6H2,1-2H3,(H,12,13)(H2,11,16,17). The molecule has 0 unspecified atom stereocenters. The van der Waals surface area contributed by atoms with Crippen molar-refractivity contribution in [1.29, 1.82) is 0 Å². The molecule has 19 heavy (non-hydrogen) atoms. The number of rotatable bonds is 4. The molecule has 0 heterocycles. The Labute approximate surface area is 111 Å². The molecule has 106 valence electrons. The molecule has 1 aromatic carbocycles. The minimum absolute atomic E-state index is 0.121. The Balaban J connectivity index is 3.02. The first kappa shape index (κ1) is 15.6. The summed E-state index contributed by atoms with van der Waals surface area (Å²) in [6, 6.07) is 4.12. The molecule has 0 fully saturated rings. The van der Waals surface area contributed by atoms with Crippen LogP contribution in [0.4, 0.5) is 5.69 Å². The Hall–Kier alpha value is -1.45. The van der Waals surface area contributed by atoms with Crippen LogP contribution in [0.2, 0.25) is 0 Å². The minimum atomic E-state index is -3.90. The van der Waals surface area contributed by atoms with Gasteiger partial charge in [0.2, 0.25) is 15.9 Å². The molecule has 0 saturated heterocycles. The summed E-state index contributed by atoms with van der Waals surface area (Å²) in [4.78, 5) is 11.3. The summed E-state index contributed by atoms with van der Waals surface area (Å²) in [5.41, 5.74) is 0.604. The van der Waals surface area contributed by atoms with Crippen LogP contribution in [-0.2, 0) is 24.7 Å². The lowest BCUT2D eigenvalue weighted by molar-refractivity contribution is -0.113. The lowest BCUT2D eigenvalue weighted by atomic mass is 10.2. The molecule has 0 aromatic heterocycles. The molecule has 0 aliphatic heterocycles. The van der Waals surface area contributed by atoms with Crippen LogP contribution in [-0.4, -0.2) is 34.8 Å². The van der Waals surface area contributed by atoms with Crippen molar-refractivity contribution in [2.75, 3.05) is 17.3 Å². The van der Waals surface area contributed by atoms with Crippen molar-refractivity contribution in [2.24, 2.45) is 5.14 Å². The Morgan fingerprint density at radius 2 is 1.84 bits per heavy atom. The molecule has 9 heteroatoms. The maximum Gasteiger partial charge on any atom is 0.239 e. The number of carbonyl (C=O) groups is 1. The predicted octanol–water partition coefficient (Wildman–Crippen LogP) is -0.374. The summed E-state index contributed by atoms with van der Waals surface area (Å²) in [7, 11) is -7.34. The minimum Gasteiger partial charge on any atom is -0.325 e. The highest BCUT2D eigenvalue weighted by Gasteiger charge is 2.15. The first-order valence-electron chi connectivity index (χ1n) is 5.10. The van der Waals surface area contributed by atoms with Crippen molar-refractivity contribution >= 4 is 31.5 Å². The number of amides is 1. The van der Waals surface area contributed by atoms with Gasteiger partial charge in [0.25, 0.3) is 0 Å². The third kappa shape index (κ3) is 4.97. The van der Waals surface area contributed by atoms with Gasteiger partial charge in [0.15, 0.2) is 9.84 Å². The maximum atomic E-state index is 11.4. The normalized spacial score (nSPS) is 12.2. The van der Waals surface area contributed by atoms with Crippen molar-refractivity contribution in [3.63, 3.8) is 0 Å². The Morgan fingerprint density at radius 1 is 1.26 bits per heavy atom. The van der Waals surface area contributed by atoms with Gasteiger partial charge in [0, 0.05) is 11.9 Å². The molecular weight excluding hydrogens is 292 g/mol. The number of hydrogen-bond donors (Lipinski definition) is 2. The summed E-state index contributed by atoms with van der Waals surface area (Å²) >= 11 is 0. The van der Waals surface area contributed by atoms with E-state index < -0.39 is 31.5 Å². The highest BCUT2D eigenvalue weighted by Crippen LogP contribution is 2.18. The molecule has 7 nitrogen and oxygen atoms in total. The van der Waals surface area contributed by atoms with Crippen molar-refractivity contribution in [3.05, 3.63) is 23.8 Å². The zero-order chi connectivity index (χ0) is 14.8. The Morgan fingerprint density at radius 3 is 2.32 bits per heavy atom. The second kappa shape index (κ2) is 5.27. The van der Waals surface area contributed by atoms with Gasteiger partial charge in [0.05, 0.1) is 4.90 Å². The summed E-state index contributed by atoms with van der Waals surface area (Å²) in [6.07, 6.45) is 0.928. The van der Waals surface area contributed by atoms with E-state index >= 15 is 0 Å². The van der Waals surface area contributed by atoms with Crippen LogP contribution in [0, 0.1) is 6.92 Å². The van der Waals surface area contributed by atoms with Gasteiger partial charge in [-0.25, -0.2) is 22.0 Å². The van der Waals surface area contributed by atoms with Crippen LogP contribution in [0.15, 0.2) is 23.1 Å². The van der Waals surface area contributed by atoms with Gasteiger partial charge in [0.1, 0.15) is 5.75 Å². The number of nitrogens with one attached hydrogen (secondary N) is 1. The van der Waals surface area contributed by atoms with E-state index in [1.807, 2.05) is 0 Å². The molecule has 0 atom stereocenters. The number of sulfonamides is 1. The fourth-order valence-electron chi connectivity index (χ4n) is 1.42. The summed E-state index contributed by atoms with van der Waals surface area (Å²) in [6.45, 7) is 1.56. The Kier molecular flexibility index (Phi) is 4.33. The van der Waals surface area contributed by atoms with Crippen LogP contribution in [0.3, 0.4) is 0 Å². The second-order valence-electron chi connectivity index (χ2n) is 4.14. The van der Waals surface area contributed by atoms with Gasteiger partial charge < -0.3 is 5.32 Å². The van der Waals surface area contributed by atoms with Gasteiger partial charge in [-0.05, 0) is 24.6 Å². The van der Waals surface area contributed by atoms with Crippen molar-refractivity contribution < 1.29 is 21.6 Å². The summed E-state index contributed by atoms with van der Waals surface area (Å²) < 4.78 is 44.5. The van der Waals surface area contributed by atoms with Crippen molar-refractivity contribution in [1.82, 2.24) is 0 Å². The fraction of sp³-hybridized carbons (Fsp3) is 0.300. The lowest BCUT2D eigenvalue weighted by Gasteiger charge is -2.08. The van der Waals surface area contributed by atoms with Gasteiger partial charge in [-0.2, -0.15) is 0 Å². The van der Waals surface area contributed by atoms with E-state index in [0.29, 0.717) is 5.56 Å². The summed E-state index contributed by atoms with van der Waals surface area (Å²) in [5, 5.41) is 7.32. The predicted molar refractivity (Wildman–Crippen MR) is 70.9 cm³/mol. The molecule has 1 rings (SSSR count). The molecule has 0 bridgehead atoms. The monoisotopic (exact) mass is 306 g/mol. The number of primary sulfonamides is 1. The number of hydrogen-bond acceptors (Lipinski definition) is 5. The van der Waals surface area contributed by atoms with Gasteiger partial charge in [-0.15, -0.1) is 0 Å². The zero-order valence-electron chi connectivity index (χ0n) is 10.4. The number of aryl methyl sites for hydroxylation is 1. The lowest BCUT2D eigenvalue weighted by Crippen LogP contribution is -2.22. The molecular formula is C10H14N2O5S2. The van der Waals surface area contributed by atoms with E-state index in [2.05, 4.69) is 5.32 Å². The highest BCUT2D eigenvalue weighted by atomic mass is 32.2. The fourth-order valence-corrected chi connectivity index (χ4v) is 2.78. The summed E-state index contributed by atoms with van der Waals surface area (Å²) in [5.74, 6) is -1.42. The molecule has 1 amide bonds. The molecule has 0 spiro atoms. The van der Waals surface area contributed by atoms with E-state index in [4.69, 9.17) is 5.14 Å². The van der Waals surface area contributed by atoms with Crippen molar-refractivity contribution in [3.8, 4) is 0 Å². The van der Waals surface area contributed by atoms with E-state index in [1.165, 1.54) is 18.2 Å². The Bertz CT molecular complexity index is 707. The molecule has 3 N–H and O–H groups in total. The third-order valence-electron chi connectivity index (χ3n) is 2.17. The number of sulfone groups is 1. The van der Waals surface area contributed by atoms with Crippen LogP contribution in [0.25, 0.3) is 0 Å². The second-order valence-corrected chi connectivity index (χ2v) is 7.81. The number of carbonyl (C=O) groups excluding carboxylic acids is 1. The largest absolute Gasteiger partial charge is 0.325 e. The first-order chi connectivity index (χ1) is 8.49. The SMILES string of the molecule is Cc1ccc(NC(=O)CS(C)(=O)=O)cc1S(N)(=O)=O. The van der Waals surface area contributed by atoms with Gasteiger partial charge >= 0.3 is 0 Å². The van der Waals surface area contributed by atoms with E-state index in [0.717, 1.165) is 6.26 Å². The van der Waals surface area contributed by atoms with Gasteiger partial charge in [-0.3, -0.25) is 4.79 Å². The van der Waals surface area contributed by atoms with E-state index in [-0.39, 0.29) is 10.6 Å².